The van der Waals surface area contributed by atoms with Crippen LogP contribution in [0.1, 0.15) is 25.3 Å². The third kappa shape index (κ3) is 3.33. The number of hydrogen-bond acceptors (Lipinski definition) is 8. The molecule has 1 aromatic heterocycles. The first-order chi connectivity index (χ1) is 19.3. The van der Waals surface area contributed by atoms with Gasteiger partial charge in [0, 0.05) is 28.6 Å². The standard InChI is InChI=1S/C30H23ClN4O5/c1-29-23(36)13-30(40-29,10-11-39-26-20-8-7-17(31)12-21(20)33-15-34-26)25-24(29)27(37)35(28(25)38)22-9-6-16(14-32)18-4-2-3-5-19(18)22/h2-9,12,15,23-25,36H,10-11,13H2,1H3/t23-,24-,25+,29-,30+/m0/s1. The zero-order valence-electron chi connectivity index (χ0n) is 21.4. The Bertz CT molecular complexity index is 1790. The molecule has 0 saturated carbocycles. The normalized spacial score (nSPS) is 28.9. The van der Waals surface area contributed by atoms with Gasteiger partial charge in [0.2, 0.25) is 17.7 Å². The van der Waals surface area contributed by atoms with Crippen molar-refractivity contribution in [2.45, 2.75) is 37.1 Å². The number of carbonyl (C=O) groups excluding carboxylic acids is 2. The van der Waals surface area contributed by atoms with Crippen LogP contribution >= 0.6 is 11.6 Å². The van der Waals surface area contributed by atoms with Crippen LogP contribution in [0.2, 0.25) is 5.02 Å². The number of rotatable bonds is 5. The van der Waals surface area contributed by atoms with Gasteiger partial charge in [0.1, 0.15) is 11.9 Å². The Kier molecular flexibility index (Phi) is 5.42. The highest BCUT2D eigenvalue weighted by molar-refractivity contribution is 6.31. The van der Waals surface area contributed by atoms with Gasteiger partial charge in [-0.1, -0.05) is 35.9 Å². The molecule has 40 heavy (non-hydrogen) atoms. The van der Waals surface area contributed by atoms with Crippen molar-refractivity contribution in [3.05, 3.63) is 71.5 Å². The largest absolute Gasteiger partial charge is 0.477 e. The highest BCUT2D eigenvalue weighted by Crippen LogP contribution is 2.62. The summed E-state index contributed by atoms with van der Waals surface area (Å²) in [6, 6.07) is 17.9. The number of benzene rings is 3. The van der Waals surface area contributed by atoms with Crippen LogP contribution in [0.15, 0.2) is 60.9 Å². The maximum absolute atomic E-state index is 14.1. The summed E-state index contributed by atoms with van der Waals surface area (Å²) >= 11 is 6.09. The van der Waals surface area contributed by atoms with Crippen LogP contribution in [0, 0.1) is 23.2 Å². The summed E-state index contributed by atoms with van der Waals surface area (Å²) in [7, 11) is 0. The van der Waals surface area contributed by atoms with Gasteiger partial charge in [-0.2, -0.15) is 5.26 Å². The van der Waals surface area contributed by atoms with E-state index in [4.69, 9.17) is 21.1 Å². The molecule has 1 N–H and O–H groups in total. The second-order valence-electron chi connectivity index (χ2n) is 10.8. The van der Waals surface area contributed by atoms with E-state index >= 15 is 0 Å². The minimum atomic E-state index is -1.22. The molecule has 10 heteroatoms. The molecular weight excluding hydrogens is 532 g/mol. The average Bonchev–Trinajstić information content (AvgIpc) is 3.48. The van der Waals surface area contributed by atoms with E-state index in [9.17, 15) is 20.0 Å². The van der Waals surface area contributed by atoms with Gasteiger partial charge < -0.3 is 14.6 Å². The lowest BCUT2D eigenvalue weighted by Crippen LogP contribution is -2.49. The number of aliphatic hydroxyl groups is 1. The molecule has 2 amide bonds. The molecule has 200 valence electrons. The van der Waals surface area contributed by atoms with Crippen LogP contribution in [-0.2, 0) is 14.3 Å². The second kappa shape index (κ2) is 8.70. The first kappa shape index (κ1) is 24.9. The molecule has 0 aliphatic carbocycles. The van der Waals surface area contributed by atoms with Crippen LogP contribution in [-0.4, -0.2) is 50.8 Å². The first-order valence-corrected chi connectivity index (χ1v) is 13.4. The molecule has 3 fully saturated rings. The molecule has 4 heterocycles. The summed E-state index contributed by atoms with van der Waals surface area (Å²) in [6.45, 7) is 1.85. The van der Waals surface area contributed by atoms with Crippen LogP contribution in [0.4, 0.5) is 5.69 Å². The topological polar surface area (TPSA) is 126 Å². The van der Waals surface area contributed by atoms with Gasteiger partial charge in [0.05, 0.1) is 58.4 Å². The summed E-state index contributed by atoms with van der Waals surface area (Å²) in [4.78, 5) is 37.7. The predicted octanol–water partition coefficient (Wildman–Crippen LogP) is 4.18. The Morgan fingerprint density at radius 1 is 1.10 bits per heavy atom. The Morgan fingerprint density at radius 2 is 1.88 bits per heavy atom. The minimum absolute atomic E-state index is 0.141. The number of imide groups is 1. The molecule has 4 aromatic rings. The Hall–Kier alpha value is -4.10. The fourth-order valence-corrected chi connectivity index (χ4v) is 7.04. The Morgan fingerprint density at radius 3 is 2.67 bits per heavy atom. The number of hydrogen-bond donors (Lipinski definition) is 1. The molecular formula is C30H23ClN4O5. The summed E-state index contributed by atoms with van der Waals surface area (Å²) in [5, 5.41) is 23.2. The molecule has 9 nitrogen and oxygen atoms in total. The Labute approximate surface area is 233 Å². The quantitative estimate of drug-likeness (QED) is 0.364. The lowest BCUT2D eigenvalue weighted by molar-refractivity contribution is -0.134. The molecule has 5 atom stereocenters. The van der Waals surface area contributed by atoms with Gasteiger partial charge >= 0.3 is 0 Å². The zero-order chi connectivity index (χ0) is 27.8. The molecule has 3 aromatic carbocycles. The van der Waals surface area contributed by atoms with Crippen LogP contribution in [0.25, 0.3) is 21.7 Å². The lowest BCUT2D eigenvalue weighted by atomic mass is 9.66. The fourth-order valence-electron chi connectivity index (χ4n) is 6.88. The molecule has 3 aliphatic heterocycles. The van der Waals surface area contributed by atoms with Crippen molar-refractivity contribution in [1.82, 2.24) is 9.97 Å². The van der Waals surface area contributed by atoms with E-state index in [1.54, 1.807) is 55.5 Å². The third-order valence-corrected chi connectivity index (χ3v) is 8.94. The number of carbonyl (C=O) groups is 2. The SMILES string of the molecule is C[C@]12O[C@](CCOc3ncnc4cc(Cl)ccc34)(C[C@@H]1O)[C@H]1C(=O)N(c3ccc(C#N)c4ccccc34)C(=O)[C@H]12. The predicted molar refractivity (Wildman–Crippen MR) is 146 cm³/mol. The van der Waals surface area contributed by atoms with Gasteiger partial charge in [-0.05, 0) is 37.3 Å². The molecule has 2 bridgehead atoms. The van der Waals surface area contributed by atoms with E-state index in [0.29, 0.717) is 43.8 Å². The third-order valence-electron chi connectivity index (χ3n) is 8.70. The van der Waals surface area contributed by atoms with Crippen LogP contribution in [0.3, 0.4) is 0 Å². The highest BCUT2D eigenvalue weighted by atomic mass is 35.5. The van der Waals surface area contributed by atoms with Crippen molar-refractivity contribution in [1.29, 1.82) is 5.26 Å². The van der Waals surface area contributed by atoms with Crippen molar-refractivity contribution in [2.75, 3.05) is 11.5 Å². The number of ether oxygens (including phenoxy) is 2. The van der Waals surface area contributed by atoms with Crippen molar-refractivity contribution >= 4 is 50.8 Å². The average molecular weight is 555 g/mol. The maximum atomic E-state index is 14.1. The fraction of sp³-hybridized carbons (Fsp3) is 0.300. The van der Waals surface area contributed by atoms with E-state index in [2.05, 4.69) is 16.0 Å². The van der Waals surface area contributed by atoms with Crippen LogP contribution < -0.4 is 9.64 Å². The van der Waals surface area contributed by atoms with Gasteiger partial charge in [-0.25, -0.2) is 14.9 Å². The zero-order valence-corrected chi connectivity index (χ0v) is 22.1. The van der Waals surface area contributed by atoms with Gasteiger partial charge in [-0.15, -0.1) is 0 Å². The number of fused-ring (bicyclic) bond motifs is 7. The van der Waals surface area contributed by atoms with E-state index in [1.165, 1.54) is 11.2 Å². The smallest absolute Gasteiger partial charge is 0.240 e. The van der Waals surface area contributed by atoms with Gasteiger partial charge in [0.25, 0.3) is 0 Å². The van der Waals surface area contributed by atoms with Gasteiger partial charge in [-0.3, -0.25) is 9.59 Å². The lowest BCUT2D eigenvalue weighted by Gasteiger charge is -2.33. The molecule has 3 saturated heterocycles. The van der Waals surface area contributed by atoms with Crippen LogP contribution in [0.5, 0.6) is 5.88 Å². The number of aliphatic hydroxyl groups excluding tert-OH is 1. The Balaban J connectivity index is 1.22. The van der Waals surface area contributed by atoms with Crippen molar-refractivity contribution in [3.63, 3.8) is 0 Å². The van der Waals surface area contributed by atoms with E-state index < -0.39 is 35.0 Å². The molecule has 0 unspecified atom stereocenters. The minimum Gasteiger partial charge on any atom is -0.477 e. The number of nitriles is 1. The number of halogens is 1. The number of nitrogens with zero attached hydrogens (tertiary/aromatic N) is 4. The van der Waals surface area contributed by atoms with Crippen molar-refractivity contribution in [2.24, 2.45) is 11.8 Å². The summed E-state index contributed by atoms with van der Waals surface area (Å²) < 4.78 is 12.5. The summed E-state index contributed by atoms with van der Waals surface area (Å²) in [5.74, 6) is -2.05. The molecule has 7 rings (SSSR count). The van der Waals surface area contributed by atoms with E-state index in [0.717, 1.165) is 0 Å². The molecule has 0 spiro atoms. The van der Waals surface area contributed by atoms with Gasteiger partial charge in [0.15, 0.2) is 0 Å². The molecule has 0 radical (unpaired) electrons. The number of anilines is 1. The molecule has 3 aliphatic rings. The summed E-state index contributed by atoms with van der Waals surface area (Å²) in [5.41, 5.74) is -0.785. The first-order valence-electron chi connectivity index (χ1n) is 13.0. The number of aromatic nitrogens is 2. The number of amides is 2. The van der Waals surface area contributed by atoms with E-state index in [1.807, 2.05) is 6.07 Å². The highest BCUT2D eigenvalue weighted by Gasteiger charge is 2.77. The monoisotopic (exact) mass is 554 g/mol. The maximum Gasteiger partial charge on any atom is 0.240 e. The van der Waals surface area contributed by atoms with Crippen molar-refractivity contribution in [3.8, 4) is 11.9 Å². The van der Waals surface area contributed by atoms with E-state index in [-0.39, 0.29) is 25.4 Å². The summed E-state index contributed by atoms with van der Waals surface area (Å²) in [6.07, 6.45) is 0.935. The second-order valence-corrected chi connectivity index (χ2v) is 11.2. The van der Waals surface area contributed by atoms with Crippen molar-refractivity contribution < 1.29 is 24.2 Å².